The average molecular weight is 450 g/mol. The number of alkyl halides is 3. The number of morpholine rings is 1. The van der Waals surface area contributed by atoms with Crippen molar-refractivity contribution in [2.45, 2.75) is 57.3 Å². The quantitative estimate of drug-likeness (QED) is 0.746. The van der Waals surface area contributed by atoms with E-state index in [-0.39, 0.29) is 17.4 Å². The van der Waals surface area contributed by atoms with Crippen LogP contribution in [0.25, 0.3) is 11.3 Å². The van der Waals surface area contributed by atoms with Gasteiger partial charge in [0, 0.05) is 54.1 Å². The molecule has 0 amide bonds. The van der Waals surface area contributed by atoms with Crippen LogP contribution in [0.15, 0.2) is 18.3 Å². The Hall–Kier alpha value is -2.13. The number of ether oxygens (including phenoxy) is 1. The van der Waals surface area contributed by atoms with Crippen LogP contribution in [-0.2, 0) is 11.2 Å². The van der Waals surface area contributed by atoms with Gasteiger partial charge >= 0.3 is 6.18 Å². The van der Waals surface area contributed by atoms with Crippen molar-refractivity contribution in [3.8, 4) is 11.3 Å². The molecule has 2 N–H and O–H groups in total. The van der Waals surface area contributed by atoms with E-state index in [4.69, 9.17) is 15.6 Å². The maximum Gasteiger partial charge on any atom is 0.393 e. The zero-order chi connectivity index (χ0) is 22.6. The van der Waals surface area contributed by atoms with E-state index in [1.165, 1.54) is 30.8 Å². The molecule has 0 spiro atoms. The molecule has 0 radical (unpaired) electrons. The average Bonchev–Trinajstić information content (AvgIpc) is 3.09. The third kappa shape index (κ3) is 4.12. The fraction of sp³-hybridized carbons (Fsp3) is 0.652. The summed E-state index contributed by atoms with van der Waals surface area (Å²) in [4.78, 5) is 6.59. The highest BCUT2D eigenvalue weighted by Gasteiger charge is 2.58. The van der Waals surface area contributed by atoms with Crippen LogP contribution >= 0.6 is 0 Å². The molecule has 5 rings (SSSR count). The van der Waals surface area contributed by atoms with Gasteiger partial charge in [-0.3, -0.25) is 9.58 Å². The van der Waals surface area contributed by atoms with Gasteiger partial charge < -0.3 is 10.5 Å². The standard InChI is InChI=1S/C23H30F3N5O/c1-13(2)31-20(21-17-8-16(9-18(17)21)30-3-5-32-6-4-30)10-19(29-31)15-7-14(11-23(24,25)26)22(27)28-12-15/h7,10,12-13,16-18,21H,3-6,8-9,11H2,1-2H3,(H2,27,28)/t16-,17+,18-,21-. The third-order valence-corrected chi connectivity index (χ3v) is 7.27. The van der Waals surface area contributed by atoms with E-state index in [0.29, 0.717) is 35.1 Å². The van der Waals surface area contributed by atoms with Crippen LogP contribution in [0.2, 0.25) is 0 Å². The smallest absolute Gasteiger partial charge is 0.383 e. The van der Waals surface area contributed by atoms with Gasteiger partial charge in [-0.15, -0.1) is 0 Å². The second kappa shape index (κ2) is 8.02. The van der Waals surface area contributed by atoms with Crippen molar-refractivity contribution in [3.05, 3.63) is 29.6 Å². The molecule has 0 bridgehead atoms. The van der Waals surface area contributed by atoms with Gasteiger partial charge in [0.25, 0.3) is 0 Å². The topological polar surface area (TPSA) is 69.2 Å². The van der Waals surface area contributed by atoms with Gasteiger partial charge in [0.05, 0.1) is 25.3 Å². The number of halogens is 3. The van der Waals surface area contributed by atoms with Gasteiger partial charge in [0.1, 0.15) is 5.82 Å². The first-order chi connectivity index (χ1) is 15.2. The van der Waals surface area contributed by atoms with Crippen LogP contribution in [-0.4, -0.2) is 58.2 Å². The summed E-state index contributed by atoms with van der Waals surface area (Å²) in [6.07, 6.45) is -1.50. The van der Waals surface area contributed by atoms with Crippen molar-refractivity contribution in [3.63, 3.8) is 0 Å². The first-order valence-corrected chi connectivity index (χ1v) is 11.4. The van der Waals surface area contributed by atoms with Gasteiger partial charge in [-0.05, 0) is 50.7 Å². The highest BCUT2D eigenvalue weighted by atomic mass is 19.4. The van der Waals surface area contributed by atoms with Crippen molar-refractivity contribution in [1.29, 1.82) is 0 Å². The zero-order valence-electron chi connectivity index (χ0n) is 18.5. The van der Waals surface area contributed by atoms with Gasteiger partial charge in [0.2, 0.25) is 0 Å². The number of rotatable bonds is 5. The summed E-state index contributed by atoms with van der Waals surface area (Å²) in [6.45, 7) is 7.87. The van der Waals surface area contributed by atoms with Gasteiger partial charge in [-0.1, -0.05) is 0 Å². The summed E-state index contributed by atoms with van der Waals surface area (Å²) in [5.74, 6) is 1.72. The van der Waals surface area contributed by atoms with Crippen LogP contribution in [0.5, 0.6) is 0 Å². The first kappa shape index (κ1) is 21.7. The molecule has 174 valence electrons. The number of fused-ring (bicyclic) bond motifs is 1. The molecule has 2 saturated carbocycles. The second-order valence-electron chi connectivity index (χ2n) is 9.68. The van der Waals surface area contributed by atoms with Gasteiger partial charge in [0.15, 0.2) is 0 Å². The number of nitrogen functional groups attached to an aromatic ring is 1. The molecule has 3 heterocycles. The highest BCUT2D eigenvalue weighted by molar-refractivity contribution is 5.62. The Labute approximate surface area is 185 Å². The molecule has 0 unspecified atom stereocenters. The molecule has 32 heavy (non-hydrogen) atoms. The zero-order valence-corrected chi connectivity index (χ0v) is 18.5. The second-order valence-corrected chi connectivity index (χ2v) is 9.68. The van der Waals surface area contributed by atoms with Gasteiger partial charge in [-0.2, -0.15) is 18.3 Å². The Balaban J connectivity index is 1.36. The number of hydrogen-bond donors (Lipinski definition) is 1. The Morgan fingerprint density at radius 1 is 1.16 bits per heavy atom. The van der Waals surface area contributed by atoms with Crippen molar-refractivity contribution >= 4 is 5.82 Å². The minimum Gasteiger partial charge on any atom is -0.383 e. The maximum absolute atomic E-state index is 12.9. The fourth-order valence-electron chi connectivity index (χ4n) is 5.72. The summed E-state index contributed by atoms with van der Waals surface area (Å²) in [5, 5.41) is 4.77. The third-order valence-electron chi connectivity index (χ3n) is 7.27. The molecule has 9 heteroatoms. The molecular formula is C23H30F3N5O. The lowest BCUT2D eigenvalue weighted by Gasteiger charge is -2.33. The van der Waals surface area contributed by atoms with E-state index < -0.39 is 12.6 Å². The minimum absolute atomic E-state index is 0.00714. The molecule has 1 saturated heterocycles. The van der Waals surface area contributed by atoms with E-state index in [9.17, 15) is 13.2 Å². The SMILES string of the molecule is CC(C)n1nc(-c2cnc(N)c(CC(F)(F)F)c2)cc1[C@H]1[C@@H]2C[C@H](N3CCOCC3)C[C@@H]21. The van der Waals surface area contributed by atoms with Gasteiger partial charge in [-0.25, -0.2) is 4.98 Å². The molecule has 6 nitrogen and oxygen atoms in total. The molecule has 2 aromatic heterocycles. The Kier molecular flexibility index (Phi) is 5.44. The summed E-state index contributed by atoms with van der Waals surface area (Å²) in [5.41, 5.74) is 8.14. The Bertz CT molecular complexity index is 970. The number of pyridine rings is 1. The summed E-state index contributed by atoms with van der Waals surface area (Å²) in [7, 11) is 0. The summed E-state index contributed by atoms with van der Waals surface area (Å²) in [6, 6.07) is 4.35. The van der Waals surface area contributed by atoms with E-state index >= 15 is 0 Å². The highest BCUT2D eigenvalue weighted by Crippen LogP contribution is 2.64. The predicted molar refractivity (Wildman–Crippen MR) is 115 cm³/mol. The van der Waals surface area contributed by atoms with Crippen LogP contribution in [0.4, 0.5) is 19.0 Å². The monoisotopic (exact) mass is 449 g/mol. The predicted octanol–water partition coefficient (Wildman–Crippen LogP) is 4.04. The largest absolute Gasteiger partial charge is 0.393 e. The van der Waals surface area contributed by atoms with Crippen LogP contribution < -0.4 is 5.73 Å². The lowest BCUT2D eigenvalue weighted by Crippen LogP contribution is -2.43. The van der Waals surface area contributed by atoms with E-state index in [2.05, 4.69) is 29.8 Å². The Morgan fingerprint density at radius 2 is 1.84 bits per heavy atom. The molecule has 3 aliphatic rings. The normalized spacial score (nSPS) is 28.3. The Morgan fingerprint density at radius 3 is 2.47 bits per heavy atom. The summed E-state index contributed by atoms with van der Waals surface area (Å²) >= 11 is 0. The number of aromatic nitrogens is 3. The molecule has 2 aliphatic carbocycles. The molecule has 0 aromatic carbocycles. The van der Waals surface area contributed by atoms with Crippen molar-refractivity contribution < 1.29 is 17.9 Å². The molecule has 2 aromatic rings. The van der Waals surface area contributed by atoms with Crippen LogP contribution in [0, 0.1) is 11.8 Å². The van der Waals surface area contributed by atoms with E-state index in [1.54, 1.807) is 0 Å². The number of hydrogen-bond acceptors (Lipinski definition) is 5. The van der Waals surface area contributed by atoms with Crippen LogP contribution in [0.1, 0.15) is 49.9 Å². The van der Waals surface area contributed by atoms with E-state index in [1.807, 2.05) is 4.68 Å². The maximum atomic E-state index is 12.9. The number of nitrogens with zero attached hydrogens (tertiary/aromatic N) is 4. The summed E-state index contributed by atoms with van der Waals surface area (Å²) < 4.78 is 46.3. The molecular weight excluding hydrogens is 419 g/mol. The first-order valence-electron chi connectivity index (χ1n) is 11.4. The molecule has 4 atom stereocenters. The lowest BCUT2D eigenvalue weighted by molar-refractivity contribution is -0.127. The van der Waals surface area contributed by atoms with Crippen LogP contribution in [0.3, 0.4) is 0 Å². The van der Waals surface area contributed by atoms with Crippen molar-refractivity contribution in [1.82, 2.24) is 19.7 Å². The number of nitrogens with two attached hydrogens (primary N) is 1. The molecule has 1 aliphatic heterocycles. The number of anilines is 1. The molecule has 3 fully saturated rings. The minimum atomic E-state index is -4.33. The fourth-order valence-corrected chi connectivity index (χ4v) is 5.72. The van der Waals surface area contributed by atoms with Crippen molar-refractivity contribution in [2.24, 2.45) is 11.8 Å². The van der Waals surface area contributed by atoms with E-state index in [0.717, 1.165) is 26.3 Å². The lowest BCUT2D eigenvalue weighted by atomic mass is 10.0. The van der Waals surface area contributed by atoms with Crippen molar-refractivity contribution in [2.75, 3.05) is 32.0 Å².